The van der Waals surface area contributed by atoms with Crippen LogP contribution in [0.1, 0.15) is 0 Å². The molecule has 26 heavy (non-hydrogen) atoms. The number of amides is 1. The fraction of sp³-hybridized carbons (Fsp3) is 0.0556. The van der Waals surface area contributed by atoms with Gasteiger partial charge in [0.05, 0.1) is 15.7 Å². The molecule has 1 N–H and O–H groups in total. The van der Waals surface area contributed by atoms with Gasteiger partial charge in [-0.05, 0) is 36.4 Å². The van der Waals surface area contributed by atoms with Crippen molar-refractivity contribution >= 4 is 50.7 Å². The maximum absolute atomic E-state index is 12.2. The summed E-state index contributed by atoms with van der Waals surface area (Å²) in [4.78, 5) is 24.3. The number of nitrogens with zero attached hydrogens (tertiary/aromatic N) is 2. The normalized spacial score (nSPS) is 10.6. The first-order valence-electron chi connectivity index (χ1n) is 7.51. The van der Waals surface area contributed by atoms with Crippen molar-refractivity contribution in [2.75, 3.05) is 5.32 Å². The molecule has 0 aliphatic heterocycles. The van der Waals surface area contributed by atoms with Crippen LogP contribution in [-0.2, 0) is 11.3 Å². The van der Waals surface area contributed by atoms with Crippen molar-refractivity contribution in [2.45, 2.75) is 6.54 Å². The second-order valence-corrected chi connectivity index (χ2v) is 7.13. The van der Waals surface area contributed by atoms with E-state index in [1.54, 1.807) is 18.2 Å². The van der Waals surface area contributed by atoms with E-state index in [9.17, 15) is 9.59 Å². The molecule has 132 valence electrons. The van der Waals surface area contributed by atoms with Crippen molar-refractivity contribution in [1.82, 2.24) is 9.78 Å². The molecule has 0 aliphatic carbocycles. The van der Waals surface area contributed by atoms with Crippen molar-refractivity contribution in [1.29, 1.82) is 0 Å². The molecular weight excluding hydrogens is 441 g/mol. The van der Waals surface area contributed by atoms with Crippen molar-refractivity contribution in [2.24, 2.45) is 0 Å². The lowest BCUT2D eigenvalue weighted by molar-refractivity contribution is -0.117. The van der Waals surface area contributed by atoms with Crippen molar-refractivity contribution in [3.63, 3.8) is 0 Å². The molecule has 0 saturated heterocycles. The van der Waals surface area contributed by atoms with Gasteiger partial charge in [-0.1, -0.05) is 51.3 Å². The summed E-state index contributed by atoms with van der Waals surface area (Å²) in [5.74, 6) is -0.399. The smallest absolute Gasteiger partial charge is 0.267 e. The van der Waals surface area contributed by atoms with Crippen LogP contribution in [-0.4, -0.2) is 15.7 Å². The Hall–Kier alpha value is -2.15. The van der Waals surface area contributed by atoms with Crippen LogP contribution in [0.2, 0.25) is 10.0 Å². The molecule has 8 heteroatoms. The average Bonchev–Trinajstić information content (AvgIpc) is 2.60. The Kier molecular flexibility index (Phi) is 5.76. The second-order valence-electron chi connectivity index (χ2n) is 5.40. The number of benzene rings is 2. The second kappa shape index (κ2) is 8.03. The average molecular weight is 453 g/mol. The Morgan fingerprint density at radius 3 is 2.62 bits per heavy atom. The van der Waals surface area contributed by atoms with Gasteiger partial charge in [-0.2, -0.15) is 5.10 Å². The summed E-state index contributed by atoms with van der Waals surface area (Å²) in [7, 11) is 0. The minimum Gasteiger partial charge on any atom is -0.324 e. The number of carbonyl (C=O) groups is 1. The first-order valence-corrected chi connectivity index (χ1v) is 9.06. The molecule has 0 bridgehead atoms. The Labute approximate surface area is 167 Å². The molecule has 5 nitrogen and oxygen atoms in total. The first kappa shape index (κ1) is 18.6. The SMILES string of the molecule is O=C(Cn1nc(-c2cccc(Br)c2)ccc1=O)Nc1ccc(Cl)c(Cl)c1. The molecule has 2 aromatic carbocycles. The molecule has 0 unspecified atom stereocenters. The molecule has 1 aromatic heterocycles. The molecule has 0 spiro atoms. The predicted octanol–water partition coefficient (Wildman–Crippen LogP) is 4.62. The number of hydrogen-bond donors (Lipinski definition) is 1. The number of rotatable bonds is 4. The molecule has 3 rings (SSSR count). The van der Waals surface area contributed by atoms with E-state index in [1.807, 2.05) is 24.3 Å². The third-order valence-electron chi connectivity index (χ3n) is 3.48. The lowest BCUT2D eigenvalue weighted by Gasteiger charge is -2.09. The van der Waals surface area contributed by atoms with E-state index in [0.29, 0.717) is 21.4 Å². The number of anilines is 1. The quantitative estimate of drug-likeness (QED) is 0.628. The molecule has 0 saturated carbocycles. The van der Waals surface area contributed by atoms with Crippen LogP contribution in [0.3, 0.4) is 0 Å². The minimum atomic E-state index is -0.399. The topological polar surface area (TPSA) is 64.0 Å². The zero-order valence-corrected chi connectivity index (χ0v) is 16.3. The molecular formula is C18H12BrCl2N3O2. The summed E-state index contributed by atoms with van der Waals surface area (Å²) < 4.78 is 2.01. The summed E-state index contributed by atoms with van der Waals surface area (Å²) in [6, 6.07) is 15.3. The maximum Gasteiger partial charge on any atom is 0.267 e. The summed E-state index contributed by atoms with van der Waals surface area (Å²) in [5.41, 5.74) is 1.54. The summed E-state index contributed by atoms with van der Waals surface area (Å²) in [6.45, 7) is -0.221. The Morgan fingerprint density at radius 2 is 1.88 bits per heavy atom. The highest BCUT2D eigenvalue weighted by Crippen LogP contribution is 2.25. The Morgan fingerprint density at radius 1 is 1.08 bits per heavy atom. The lowest BCUT2D eigenvalue weighted by Crippen LogP contribution is -2.29. The first-order chi connectivity index (χ1) is 12.4. The van der Waals surface area contributed by atoms with Crippen molar-refractivity contribution in [3.05, 3.63) is 79.5 Å². The van der Waals surface area contributed by atoms with Crippen LogP contribution >= 0.6 is 39.1 Å². The maximum atomic E-state index is 12.2. The summed E-state index contributed by atoms with van der Waals surface area (Å²) >= 11 is 15.2. The van der Waals surface area contributed by atoms with Gasteiger partial charge in [-0.3, -0.25) is 9.59 Å². The predicted molar refractivity (Wildman–Crippen MR) is 107 cm³/mol. The highest BCUT2D eigenvalue weighted by molar-refractivity contribution is 9.10. The number of hydrogen-bond acceptors (Lipinski definition) is 3. The van der Waals surface area contributed by atoms with Gasteiger partial charge in [0, 0.05) is 21.8 Å². The lowest BCUT2D eigenvalue weighted by atomic mass is 10.1. The Balaban J connectivity index is 1.80. The zero-order chi connectivity index (χ0) is 18.7. The standard InChI is InChI=1S/C18H12BrCl2N3O2/c19-12-3-1-2-11(8-12)16-6-7-18(26)24(23-16)10-17(25)22-13-4-5-14(20)15(21)9-13/h1-9H,10H2,(H,22,25). The van der Waals surface area contributed by atoms with Gasteiger partial charge in [0.2, 0.25) is 5.91 Å². The Bertz CT molecular complexity index is 1040. The van der Waals surface area contributed by atoms with Crippen LogP contribution in [0.25, 0.3) is 11.3 Å². The van der Waals surface area contributed by atoms with Gasteiger partial charge in [0.25, 0.3) is 5.56 Å². The third kappa shape index (κ3) is 4.52. The van der Waals surface area contributed by atoms with E-state index >= 15 is 0 Å². The molecule has 3 aromatic rings. The monoisotopic (exact) mass is 451 g/mol. The summed E-state index contributed by atoms with van der Waals surface area (Å²) in [6.07, 6.45) is 0. The molecule has 0 atom stereocenters. The van der Waals surface area contributed by atoms with Crippen LogP contribution in [0.5, 0.6) is 0 Å². The molecule has 1 heterocycles. The molecule has 0 aliphatic rings. The van der Waals surface area contributed by atoms with Crippen LogP contribution in [0.4, 0.5) is 5.69 Å². The van der Waals surface area contributed by atoms with Gasteiger partial charge >= 0.3 is 0 Å². The van der Waals surface area contributed by atoms with Gasteiger partial charge < -0.3 is 5.32 Å². The fourth-order valence-electron chi connectivity index (χ4n) is 2.27. The van der Waals surface area contributed by atoms with Crippen LogP contribution < -0.4 is 10.9 Å². The number of halogens is 3. The van der Waals surface area contributed by atoms with Crippen molar-refractivity contribution < 1.29 is 4.79 Å². The largest absolute Gasteiger partial charge is 0.324 e. The summed E-state index contributed by atoms with van der Waals surface area (Å²) in [5, 5.41) is 7.66. The molecule has 0 radical (unpaired) electrons. The van der Waals surface area contributed by atoms with Gasteiger partial charge in [-0.25, -0.2) is 4.68 Å². The van der Waals surface area contributed by atoms with E-state index in [4.69, 9.17) is 23.2 Å². The molecule has 1 amide bonds. The number of carbonyl (C=O) groups excluding carboxylic acids is 1. The van der Waals surface area contributed by atoms with Crippen LogP contribution in [0, 0.1) is 0 Å². The number of aromatic nitrogens is 2. The van der Waals surface area contributed by atoms with E-state index < -0.39 is 5.91 Å². The van der Waals surface area contributed by atoms with Gasteiger partial charge in [0.1, 0.15) is 6.54 Å². The van der Waals surface area contributed by atoms with Crippen molar-refractivity contribution in [3.8, 4) is 11.3 Å². The number of nitrogens with one attached hydrogen (secondary N) is 1. The van der Waals surface area contributed by atoms with E-state index in [2.05, 4.69) is 26.3 Å². The van der Waals surface area contributed by atoms with Crippen LogP contribution in [0.15, 0.2) is 63.9 Å². The van der Waals surface area contributed by atoms with E-state index in [0.717, 1.165) is 14.7 Å². The highest BCUT2D eigenvalue weighted by atomic mass is 79.9. The minimum absolute atomic E-state index is 0.221. The van der Waals surface area contributed by atoms with Gasteiger partial charge in [0.15, 0.2) is 0 Å². The highest BCUT2D eigenvalue weighted by Gasteiger charge is 2.09. The third-order valence-corrected chi connectivity index (χ3v) is 4.72. The van der Waals surface area contributed by atoms with E-state index in [-0.39, 0.29) is 12.1 Å². The van der Waals surface area contributed by atoms with E-state index in [1.165, 1.54) is 12.1 Å². The van der Waals surface area contributed by atoms with Gasteiger partial charge in [-0.15, -0.1) is 0 Å². The molecule has 0 fully saturated rings. The fourth-order valence-corrected chi connectivity index (χ4v) is 2.97. The zero-order valence-electron chi connectivity index (χ0n) is 13.2.